The zero-order valence-corrected chi connectivity index (χ0v) is 11.5. The number of rotatable bonds is 5. The van der Waals surface area contributed by atoms with Gasteiger partial charge in [0.15, 0.2) is 5.75 Å². The molecule has 0 saturated heterocycles. The van der Waals surface area contributed by atoms with Crippen LogP contribution in [0.1, 0.15) is 0 Å². The van der Waals surface area contributed by atoms with E-state index in [1.54, 1.807) is 0 Å². The second kappa shape index (κ2) is 6.55. The highest BCUT2D eigenvalue weighted by molar-refractivity contribution is 6.37. The fourth-order valence-corrected chi connectivity index (χ4v) is 2.09. The highest BCUT2D eigenvalue weighted by Crippen LogP contribution is 2.36. The average Bonchev–Trinajstić information content (AvgIpc) is 2.38. The summed E-state index contributed by atoms with van der Waals surface area (Å²) >= 11 is 11.8. The Morgan fingerprint density at radius 3 is 2.11 bits per heavy atom. The summed E-state index contributed by atoms with van der Waals surface area (Å²) in [5, 5.41) is 9.83. The zero-order chi connectivity index (χ0) is 13.7. The summed E-state index contributed by atoms with van der Waals surface area (Å²) in [7, 11) is 0. The fourth-order valence-electron chi connectivity index (χ4n) is 1.50. The molecule has 2 aromatic carbocycles. The van der Waals surface area contributed by atoms with Gasteiger partial charge in [-0.1, -0.05) is 41.4 Å². The van der Waals surface area contributed by atoms with E-state index >= 15 is 0 Å². The van der Waals surface area contributed by atoms with Crippen LogP contribution in [0.5, 0.6) is 17.2 Å². The van der Waals surface area contributed by atoms with E-state index in [1.807, 2.05) is 30.3 Å². The summed E-state index contributed by atoms with van der Waals surface area (Å²) in [6, 6.07) is 12.2. The van der Waals surface area contributed by atoms with Gasteiger partial charge in [0.1, 0.15) is 24.7 Å². The maximum atomic E-state index is 9.29. The first-order chi connectivity index (χ1) is 9.16. The predicted octanol–water partition coefficient (Wildman–Crippen LogP) is 4.16. The largest absolute Gasteiger partial charge is 0.508 e. The number of para-hydroxylation sites is 1. The van der Waals surface area contributed by atoms with Crippen LogP contribution in [0.15, 0.2) is 42.5 Å². The molecule has 0 radical (unpaired) electrons. The van der Waals surface area contributed by atoms with Crippen LogP contribution in [0, 0.1) is 0 Å². The van der Waals surface area contributed by atoms with Gasteiger partial charge in [0, 0.05) is 12.1 Å². The molecular weight excluding hydrogens is 287 g/mol. The van der Waals surface area contributed by atoms with Gasteiger partial charge in [-0.2, -0.15) is 0 Å². The van der Waals surface area contributed by atoms with E-state index < -0.39 is 0 Å². The monoisotopic (exact) mass is 298 g/mol. The van der Waals surface area contributed by atoms with Crippen LogP contribution >= 0.6 is 23.2 Å². The van der Waals surface area contributed by atoms with E-state index in [0.29, 0.717) is 19.0 Å². The van der Waals surface area contributed by atoms with Gasteiger partial charge in [-0.3, -0.25) is 0 Å². The maximum absolute atomic E-state index is 9.29. The topological polar surface area (TPSA) is 38.7 Å². The Hall–Kier alpha value is -1.58. The summed E-state index contributed by atoms with van der Waals surface area (Å²) in [4.78, 5) is 0. The molecule has 0 spiro atoms. The minimum atomic E-state index is 0.00267. The van der Waals surface area contributed by atoms with E-state index in [-0.39, 0.29) is 15.8 Å². The van der Waals surface area contributed by atoms with Gasteiger partial charge in [-0.15, -0.1) is 0 Å². The summed E-state index contributed by atoms with van der Waals surface area (Å²) < 4.78 is 10.9. The van der Waals surface area contributed by atoms with E-state index in [2.05, 4.69) is 0 Å². The Morgan fingerprint density at radius 1 is 0.895 bits per heavy atom. The van der Waals surface area contributed by atoms with Crippen molar-refractivity contribution < 1.29 is 14.6 Å². The lowest BCUT2D eigenvalue weighted by molar-refractivity contribution is 0.217. The van der Waals surface area contributed by atoms with Gasteiger partial charge >= 0.3 is 0 Å². The molecular formula is C14H12Cl2O3. The second-order valence-corrected chi connectivity index (χ2v) is 4.56. The molecule has 0 fully saturated rings. The number of halogens is 2. The highest BCUT2D eigenvalue weighted by atomic mass is 35.5. The molecule has 0 unspecified atom stereocenters. The van der Waals surface area contributed by atoms with Gasteiger partial charge in [0.25, 0.3) is 0 Å². The second-order valence-electron chi connectivity index (χ2n) is 3.75. The Morgan fingerprint density at radius 2 is 1.47 bits per heavy atom. The molecule has 1 N–H and O–H groups in total. The Labute approximate surface area is 121 Å². The third kappa shape index (κ3) is 3.94. The fraction of sp³-hybridized carbons (Fsp3) is 0.143. The van der Waals surface area contributed by atoms with Crippen LogP contribution in [0.25, 0.3) is 0 Å². The standard InChI is InChI=1S/C14H12Cl2O3/c15-12-8-10(17)9-13(16)14(12)19-7-6-18-11-4-2-1-3-5-11/h1-5,8-9,17H,6-7H2. The molecule has 0 aliphatic carbocycles. The quantitative estimate of drug-likeness (QED) is 0.843. The van der Waals surface area contributed by atoms with Crippen molar-refractivity contribution in [1.82, 2.24) is 0 Å². The molecule has 2 aromatic rings. The van der Waals surface area contributed by atoms with Gasteiger partial charge in [-0.05, 0) is 12.1 Å². The van der Waals surface area contributed by atoms with Crippen LogP contribution in [0.3, 0.4) is 0 Å². The lowest BCUT2D eigenvalue weighted by Gasteiger charge is -2.11. The van der Waals surface area contributed by atoms with E-state index in [9.17, 15) is 5.11 Å². The van der Waals surface area contributed by atoms with Crippen molar-refractivity contribution in [3.63, 3.8) is 0 Å². The maximum Gasteiger partial charge on any atom is 0.156 e. The van der Waals surface area contributed by atoms with E-state index in [0.717, 1.165) is 5.75 Å². The predicted molar refractivity (Wildman–Crippen MR) is 75.6 cm³/mol. The molecule has 0 heterocycles. The molecule has 0 amide bonds. The lowest BCUT2D eigenvalue weighted by atomic mass is 10.3. The molecule has 0 bridgehead atoms. The first kappa shape index (κ1) is 13.8. The molecule has 5 heteroatoms. The van der Waals surface area contributed by atoms with Crippen LogP contribution in [0.2, 0.25) is 10.0 Å². The summed E-state index contributed by atoms with van der Waals surface area (Å²) in [6.45, 7) is 0.677. The average molecular weight is 299 g/mol. The van der Waals surface area contributed by atoms with Gasteiger partial charge in [0.05, 0.1) is 10.0 Å². The number of ether oxygens (including phenoxy) is 2. The van der Waals surface area contributed by atoms with Crippen LogP contribution < -0.4 is 9.47 Å². The Kier molecular flexibility index (Phi) is 4.77. The summed E-state index contributed by atoms with van der Waals surface area (Å²) in [5.74, 6) is 1.12. The molecule has 0 atom stereocenters. The molecule has 2 rings (SSSR count). The van der Waals surface area contributed by atoms with Crippen molar-refractivity contribution in [2.24, 2.45) is 0 Å². The summed E-state index contributed by atoms with van der Waals surface area (Å²) in [6.07, 6.45) is 0. The number of hydrogen-bond donors (Lipinski definition) is 1. The van der Waals surface area contributed by atoms with Crippen molar-refractivity contribution in [3.05, 3.63) is 52.5 Å². The number of hydrogen-bond acceptors (Lipinski definition) is 3. The number of phenols is 1. The summed E-state index contributed by atoms with van der Waals surface area (Å²) in [5.41, 5.74) is 0. The van der Waals surface area contributed by atoms with Crippen molar-refractivity contribution in [1.29, 1.82) is 0 Å². The van der Waals surface area contributed by atoms with Crippen molar-refractivity contribution in [3.8, 4) is 17.2 Å². The third-order valence-electron chi connectivity index (χ3n) is 2.32. The first-order valence-corrected chi connectivity index (χ1v) is 6.41. The molecule has 100 valence electrons. The SMILES string of the molecule is Oc1cc(Cl)c(OCCOc2ccccc2)c(Cl)c1. The minimum absolute atomic E-state index is 0.00267. The molecule has 0 aromatic heterocycles. The minimum Gasteiger partial charge on any atom is -0.508 e. The van der Waals surface area contributed by atoms with E-state index in [4.69, 9.17) is 32.7 Å². The smallest absolute Gasteiger partial charge is 0.156 e. The van der Waals surface area contributed by atoms with Gasteiger partial charge in [0.2, 0.25) is 0 Å². The molecule has 0 aliphatic heterocycles. The van der Waals surface area contributed by atoms with Gasteiger partial charge < -0.3 is 14.6 Å². The number of phenolic OH excluding ortho intramolecular Hbond substituents is 1. The number of benzene rings is 2. The molecule has 3 nitrogen and oxygen atoms in total. The molecule has 0 aliphatic rings. The number of aromatic hydroxyl groups is 1. The van der Waals surface area contributed by atoms with Gasteiger partial charge in [-0.25, -0.2) is 0 Å². The van der Waals surface area contributed by atoms with Crippen LogP contribution in [0.4, 0.5) is 0 Å². The molecule has 19 heavy (non-hydrogen) atoms. The highest BCUT2D eigenvalue weighted by Gasteiger charge is 2.09. The van der Waals surface area contributed by atoms with E-state index in [1.165, 1.54) is 12.1 Å². The Balaban J connectivity index is 1.86. The lowest BCUT2D eigenvalue weighted by Crippen LogP contribution is -2.09. The van der Waals surface area contributed by atoms with Crippen molar-refractivity contribution >= 4 is 23.2 Å². The first-order valence-electron chi connectivity index (χ1n) is 5.65. The van der Waals surface area contributed by atoms with Crippen molar-refractivity contribution in [2.75, 3.05) is 13.2 Å². The Bertz CT molecular complexity index is 521. The normalized spacial score (nSPS) is 10.2. The van der Waals surface area contributed by atoms with Crippen molar-refractivity contribution in [2.45, 2.75) is 0 Å². The zero-order valence-electron chi connectivity index (χ0n) is 9.98. The molecule has 0 saturated carbocycles. The van der Waals surface area contributed by atoms with Crippen LogP contribution in [-0.4, -0.2) is 18.3 Å². The van der Waals surface area contributed by atoms with Crippen LogP contribution in [-0.2, 0) is 0 Å². The third-order valence-corrected chi connectivity index (χ3v) is 2.89.